The van der Waals surface area contributed by atoms with Gasteiger partial charge < -0.3 is 130 Å². The lowest BCUT2D eigenvalue weighted by molar-refractivity contribution is -0.368. The maximum Gasteiger partial charge on any atom is 0.217 e. The van der Waals surface area contributed by atoms with Crippen LogP contribution in [0.5, 0.6) is 0 Å². The number of hydrogen-bond acceptors (Lipinski definition) is 26. The second-order valence-corrected chi connectivity index (χ2v) is 15.1. The molecule has 0 aromatic rings. The standard InChI is InChI=1S/C34H58N2O26/c1-9(42)35-17-24(51)20(47)13(4-38)56-31(17)61-29-26(53)22(49)15(6-40)58-33(29)55-8-12(45)19(46)28(11(44)3-37)60-34-30(27(54)23(50)16(7-41)59-34)62-32-18(36-10(2)43)25(52)21(48)14(5-39)57-32/h3,11-34,38-41,44-54H,4-8H2,1-2H3,(H,35,42)(H,36,43)/t11-,12-,13-,14-,15-,16-,17-,18-,19-,20-,21-,22-,23-,24-,25-,26+,27+,28-,29+,30+,31+,32+,33+,34-/m1/s1. The third-order valence-electron chi connectivity index (χ3n) is 10.7. The number of aliphatic hydroxyl groups is 15. The molecule has 0 aromatic carbocycles. The Bertz CT molecular complexity index is 1420. The fraction of sp³-hybridized carbons (Fsp3) is 0.912. The largest absolute Gasteiger partial charge is 0.394 e. The lowest BCUT2D eigenvalue weighted by atomic mass is 9.95. The minimum absolute atomic E-state index is 0.159. The first-order chi connectivity index (χ1) is 29.2. The number of carbonyl (C=O) groups is 3. The predicted octanol–water partition coefficient (Wildman–Crippen LogP) is -11.8. The number of aliphatic hydroxyl groups excluding tert-OH is 15. The highest BCUT2D eigenvalue weighted by Gasteiger charge is 2.54. The number of aldehydes is 1. The van der Waals surface area contributed by atoms with E-state index in [9.17, 15) is 91.0 Å². The van der Waals surface area contributed by atoms with Gasteiger partial charge in [-0.1, -0.05) is 0 Å². The molecule has 24 atom stereocenters. The van der Waals surface area contributed by atoms with Gasteiger partial charge >= 0.3 is 0 Å². The van der Waals surface area contributed by atoms with E-state index in [4.69, 9.17) is 37.9 Å². The molecule has 0 aromatic heterocycles. The Morgan fingerprint density at radius 3 is 1.29 bits per heavy atom. The van der Waals surface area contributed by atoms with E-state index >= 15 is 0 Å². The zero-order valence-corrected chi connectivity index (χ0v) is 33.2. The second-order valence-electron chi connectivity index (χ2n) is 15.1. The lowest BCUT2D eigenvalue weighted by Crippen LogP contribution is -2.68. The van der Waals surface area contributed by atoms with Gasteiger partial charge in [0.25, 0.3) is 0 Å². The van der Waals surface area contributed by atoms with Crippen LogP contribution in [0.25, 0.3) is 0 Å². The summed E-state index contributed by atoms with van der Waals surface area (Å²) in [7, 11) is 0. The maximum atomic E-state index is 12.0. The highest BCUT2D eigenvalue weighted by molar-refractivity contribution is 5.73. The molecule has 4 rings (SSSR count). The van der Waals surface area contributed by atoms with Crippen LogP contribution in [0.15, 0.2) is 0 Å². The van der Waals surface area contributed by atoms with E-state index in [1.165, 1.54) is 0 Å². The topological polar surface area (TPSA) is 453 Å². The zero-order valence-electron chi connectivity index (χ0n) is 33.2. The summed E-state index contributed by atoms with van der Waals surface area (Å²) < 4.78 is 44.8. The van der Waals surface area contributed by atoms with Crippen LogP contribution in [0.3, 0.4) is 0 Å². The Hall–Kier alpha value is -2.31. The number of rotatable bonds is 19. The van der Waals surface area contributed by atoms with Gasteiger partial charge in [-0.25, -0.2) is 0 Å². The van der Waals surface area contributed by atoms with Crippen molar-refractivity contribution in [2.75, 3.05) is 33.0 Å². The van der Waals surface area contributed by atoms with Crippen molar-refractivity contribution in [3.63, 3.8) is 0 Å². The number of nitrogens with one attached hydrogen (secondary N) is 2. The molecular weight excluding hydrogens is 852 g/mol. The molecule has 0 unspecified atom stereocenters. The summed E-state index contributed by atoms with van der Waals surface area (Å²) in [5, 5.41) is 162. The van der Waals surface area contributed by atoms with Crippen molar-refractivity contribution in [3.8, 4) is 0 Å². The molecule has 0 radical (unpaired) electrons. The van der Waals surface area contributed by atoms with Crippen LogP contribution in [0, 0.1) is 0 Å². The van der Waals surface area contributed by atoms with Crippen molar-refractivity contribution in [3.05, 3.63) is 0 Å². The van der Waals surface area contributed by atoms with Crippen molar-refractivity contribution >= 4 is 18.1 Å². The monoisotopic (exact) mass is 910 g/mol. The minimum Gasteiger partial charge on any atom is -0.394 e. The van der Waals surface area contributed by atoms with E-state index in [0.717, 1.165) is 13.8 Å². The Labute approximate surface area is 351 Å². The van der Waals surface area contributed by atoms with Gasteiger partial charge in [0.1, 0.15) is 122 Å². The number of ether oxygens (including phenoxy) is 8. The molecule has 17 N–H and O–H groups in total. The van der Waals surface area contributed by atoms with Crippen molar-refractivity contribution in [1.82, 2.24) is 10.6 Å². The van der Waals surface area contributed by atoms with Crippen LogP contribution < -0.4 is 10.6 Å². The zero-order chi connectivity index (χ0) is 46.3. The van der Waals surface area contributed by atoms with Crippen molar-refractivity contribution in [2.24, 2.45) is 0 Å². The first-order valence-electron chi connectivity index (χ1n) is 19.4. The van der Waals surface area contributed by atoms with E-state index in [-0.39, 0.29) is 6.29 Å². The van der Waals surface area contributed by atoms with Gasteiger partial charge in [0.2, 0.25) is 11.8 Å². The molecule has 4 fully saturated rings. The van der Waals surface area contributed by atoms with Gasteiger partial charge in [-0.15, -0.1) is 0 Å². The van der Waals surface area contributed by atoms with Crippen LogP contribution in [0.2, 0.25) is 0 Å². The Kier molecular flexibility index (Phi) is 19.6. The minimum atomic E-state index is -2.41. The molecule has 4 heterocycles. The van der Waals surface area contributed by atoms with Crippen molar-refractivity contribution in [2.45, 2.75) is 161 Å². The molecule has 2 amide bonds. The van der Waals surface area contributed by atoms with Crippen LogP contribution in [-0.2, 0) is 52.3 Å². The second kappa shape index (κ2) is 23.2. The third kappa shape index (κ3) is 11.9. The number of hydrogen-bond donors (Lipinski definition) is 17. The summed E-state index contributed by atoms with van der Waals surface area (Å²) in [4.78, 5) is 35.8. The average molecular weight is 911 g/mol. The molecule has 0 aliphatic carbocycles. The van der Waals surface area contributed by atoms with Gasteiger partial charge in [0.05, 0.1) is 33.0 Å². The van der Waals surface area contributed by atoms with Crippen molar-refractivity contribution in [1.29, 1.82) is 0 Å². The van der Waals surface area contributed by atoms with Gasteiger partial charge in [-0.2, -0.15) is 0 Å². The summed E-state index contributed by atoms with van der Waals surface area (Å²) >= 11 is 0. The molecule has 28 nitrogen and oxygen atoms in total. The maximum absolute atomic E-state index is 12.0. The van der Waals surface area contributed by atoms with Gasteiger partial charge in [0, 0.05) is 13.8 Å². The first kappa shape index (κ1) is 52.3. The average Bonchev–Trinajstić information content (AvgIpc) is 3.24. The Balaban J connectivity index is 1.58. The molecule has 0 saturated carbocycles. The number of amides is 2. The Morgan fingerprint density at radius 2 is 0.919 bits per heavy atom. The first-order valence-corrected chi connectivity index (χ1v) is 19.4. The SMILES string of the molecule is CC(=O)N[C@H]1[C@H](O[C@@H]2[C@@H](OC[C@@H](O)[C@@H](O)[C@H](O[C@H]3O[C@H](CO)[C@@H](O)[C@H](O)[C@@H]3O[C@@H]3O[C@H](CO)[C@@H](O)[C@H](O)[C@H]3NC(C)=O)[C@H](O)C=O)O[C@H](CO)[C@@H](O)[C@@H]2O)O[C@H](CO)[C@@H](O)[C@@H]1O. The van der Waals surface area contributed by atoms with E-state index < -0.39 is 192 Å². The highest BCUT2D eigenvalue weighted by Crippen LogP contribution is 2.33. The molecule has 4 aliphatic heterocycles. The molecular formula is C34H58N2O26. The smallest absolute Gasteiger partial charge is 0.217 e. The molecule has 28 heteroatoms. The van der Waals surface area contributed by atoms with Crippen molar-refractivity contribution < 1.29 is 129 Å². The lowest BCUT2D eigenvalue weighted by Gasteiger charge is -2.48. The summed E-state index contributed by atoms with van der Waals surface area (Å²) in [6.07, 6.45) is -42.7. The van der Waals surface area contributed by atoms with Crippen LogP contribution in [-0.4, -0.2) is 275 Å². The highest BCUT2D eigenvalue weighted by atomic mass is 16.8. The normalized spacial score (nSPS) is 43.5. The molecule has 4 aliphatic rings. The summed E-state index contributed by atoms with van der Waals surface area (Å²) in [6, 6.07) is -3.20. The Morgan fingerprint density at radius 1 is 0.565 bits per heavy atom. The van der Waals surface area contributed by atoms with E-state index in [1.807, 2.05) is 0 Å². The molecule has 0 spiro atoms. The van der Waals surface area contributed by atoms with Crippen LogP contribution in [0.1, 0.15) is 13.8 Å². The van der Waals surface area contributed by atoms with E-state index in [2.05, 4.69) is 10.6 Å². The third-order valence-corrected chi connectivity index (χ3v) is 10.7. The van der Waals surface area contributed by atoms with Gasteiger partial charge in [0.15, 0.2) is 31.4 Å². The van der Waals surface area contributed by atoms with Crippen LogP contribution >= 0.6 is 0 Å². The summed E-state index contributed by atoms with van der Waals surface area (Å²) in [5.41, 5.74) is 0. The molecule has 0 bridgehead atoms. The predicted molar refractivity (Wildman–Crippen MR) is 191 cm³/mol. The fourth-order valence-electron chi connectivity index (χ4n) is 7.24. The van der Waals surface area contributed by atoms with E-state index in [0.29, 0.717) is 0 Å². The molecule has 4 saturated heterocycles. The van der Waals surface area contributed by atoms with E-state index in [1.54, 1.807) is 0 Å². The quantitative estimate of drug-likeness (QED) is 0.0535. The number of carbonyl (C=O) groups excluding carboxylic acids is 3. The van der Waals surface area contributed by atoms with Crippen LogP contribution in [0.4, 0.5) is 0 Å². The summed E-state index contributed by atoms with van der Waals surface area (Å²) in [5.74, 6) is -1.52. The fourth-order valence-corrected chi connectivity index (χ4v) is 7.24. The molecule has 360 valence electrons. The summed E-state index contributed by atoms with van der Waals surface area (Å²) in [6.45, 7) is -2.71. The van der Waals surface area contributed by atoms with Gasteiger partial charge in [-0.05, 0) is 0 Å². The van der Waals surface area contributed by atoms with Gasteiger partial charge in [-0.3, -0.25) is 9.59 Å². The molecule has 62 heavy (non-hydrogen) atoms.